The first-order chi connectivity index (χ1) is 14.0. The molecule has 8 heteroatoms. The minimum atomic E-state index is -0.258. The topological polar surface area (TPSA) is 92.0 Å². The number of likely N-dealkylation sites (tertiary alicyclic amines) is 1. The number of amides is 1. The fourth-order valence-electron chi connectivity index (χ4n) is 4.25. The lowest BCUT2D eigenvalue weighted by molar-refractivity contribution is -0.119. The SMILES string of the molecule is CN=C(NCC1CCCOC1c1ccc(C)cc1)NC1CCN(CC(N)=O)CC1.I. The molecule has 0 aromatic heterocycles. The van der Waals surface area contributed by atoms with Crippen molar-refractivity contribution in [1.29, 1.82) is 0 Å². The van der Waals surface area contributed by atoms with Crippen molar-refractivity contribution in [3.8, 4) is 0 Å². The minimum Gasteiger partial charge on any atom is -0.373 e. The highest BCUT2D eigenvalue weighted by molar-refractivity contribution is 14.0. The number of ether oxygens (including phenoxy) is 1. The summed E-state index contributed by atoms with van der Waals surface area (Å²) in [5.41, 5.74) is 7.82. The van der Waals surface area contributed by atoms with E-state index in [1.165, 1.54) is 11.1 Å². The molecule has 0 bridgehead atoms. The van der Waals surface area contributed by atoms with Crippen molar-refractivity contribution in [3.05, 3.63) is 35.4 Å². The van der Waals surface area contributed by atoms with Crippen LogP contribution in [-0.2, 0) is 9.53 Å². The van der Waals surface area contributed by atoms with Crippen LogP contribution < -0.4 is 16.4 Å². The second kappa shape index (κ2) is 12.5. The lowest BCUT2D eigenvalue weighted by Gasteiger charge is -2.34. The molecule has 30 heavy (non-hydrogen) atoms. The highest BCUT2D eigenvalue weighted by atomic mass is 127. The Bertz CT molecular complexity index is 689. The first kappa shape index (κ1) is 24.9. The van der Waals surface area contributed by atoms with E-state index in [1.807, 2.05) is 7.05 Å². The molecule has 1 aromatic rings. The molecule has 0 radical (unpaired) electrons. The molecule has 0 spiro atoms. The molecule has 0 saturated carbocycles. The number of aliphatic imine (C=N–C) groups is 1. The molecule has 168 valence electrons. The Morgan fingerprint density at radius 3 is 2.57 bits per heavy atom. The molecule has 1 aromatic carbocycles. The zero-order valence-corrected chi connectivity index (χ0v) is 20.4. The second-order valence-corrected chi connectivity index (χ2v) is 8.22. The van der Waals surface area contributed by atoms with Crippen LogP contribution in [0.3, 0.4) is 0 Å². The van der Waals surface area contributed by atoms with Gasteiger partial charge in [-0.05, 0) is 38.2 Å². The number of nitrogens with one attached hydrogen (secondary N) is 2. The van der Waals surface area contributed by atoms with Gasteiger partial charge in [0.05, 0.1) is 12.6 Å². The zero-order valence-electron chi connectivity index (χ0n) is 18.1. The summed E-state index contributed by atoms with van der Waals surface area (Å²) >= 11 is 0. The van der Waals surface area contributed by atoms with Crippen molar-refractivity contribution in [3.63, 3.8) is 0 Å². The summed E-state index contributed by atoms with van der Waals surface area (Å²) in [6, 6.07) is 9.04. The van der Waals surface area contributed by atoms with Crippen LogP contribution in [0, 0.1) is 12.8 Å². The molecule has 2 atom stereocenters. The van der Waals surface area contributed by atoms with Crippen LogP contribution in [0.25, 0.3) is 0 Å². The Morgan fingerprint density at radius 2 is 1.93 bits per heavy atom. The normalized spacial score (nSPS) is 23.5. The van der Waals surface area contributed by atoms with Crippen LogP contribution in [0.4, 0.5) is 0 Å². The van der Waals surface area contributed by atoms with Gasteiger partial charge in [-0.2, -0.15) is 0 Å². The predicted molar refractivity (Wildman–Crippen MR) is 131 cm³/mol. The maximum absolute atomic E-state index is 11.1. The summed E-state index contributed by atoms with van der Waals surface area (Å²) < 4.78 is 6.13. The standard InChI is InChI=1S/C22H35N5O2.HI/c1-16-5-7-17(8-6-16)21-18(4-3-13-29-21)14-25-22(24-2)26-19-9-11-27(12-10-19)15-20(23)28;/h5-8,18-19,21H,3-4,9-15H2,1-2H3,(H2,23,28)(H2,24,25,26);1H. The highest BCUT2D eigenvalue weighted by Crippen LogP contribution is 2.33. The van der Waals surface area contributed by atoms with Gasteiger partial charge in [-0.3, -0.25) is 14.7 Å². The molecule has 2 aliphatic rings. The van der Waals surface area contributed by atoms with E-state index in [9.17, 15) is 4.79 Å². The monoisotopic (exact) mass is 529 g/mol. The van der Waals surface area contributed by atoms with E-state index in [4.69, 9.17) is 10.5 Å². The third-order valence-electron chi connectivity index (χ3n) is 5.91. The van der Waals surface area contributed by atoms with E-state index in [1.54, 1.807) is 0 Å². The average molecular weight is 529 g/mol. The lowest BCUT2D eigenvalue weighted by atomic mass is 9.89. The molecule has 0 aliphatic carbocycles. The number of primary amides is 1. The van der Waals surface area contributed by atoms with Crippen LogP contribution in [0.1, 0.15) is 42.9 Å². The van der Waals surface area contributed by atoms with E-state index in [2.05, 4.69) is 51.7 Å². The molecule has 2 unspecified atom stereocenters. The smallest absolute Gasteiger partial charge is 0.231 e. The highest BCUT2D eigenvalue weighted by Gasteiger charge is 2.28. The van der Waals surface area contributed by atoms with Gasteiger partial charge in [-0.1, -0.05) is 29.8 Å². The van der Waals surface area contributed by atoms with E-state index in [0.717, 1.165) is 57.9 Å². The van der Waals surface area contributed by atoms with Gasteiger partial charge in [-0.25, -0.2) is 0 Å². The number of benzene rings is 1. The minimum absolute atomic E-state index is 0. The maximum Gasteiger partial charge on any atom is 0.231 e. The first-order valence-corrected chi connectivity index (χ1v) is 10.7. The van der Waals surface area contributed by atoms with Gasteiger partial charge in [0, 0.05) is 45.2 Å². The zero-order chi connectivity index (χ0) is 20.6. The maximum atomic E-state index is 11.1. The Balaban J connectivity index is 0.00000320. The third-order valence-corrected chi connectivity index (χ3v) is 5.91. The summed E-state index contributed by atoms with van der Waals surface area (Å²) in [6.45, 7) is 5.87. The second-order valence-electron chi connectivity index (χ2n) is 8.22. The van der Waals surface area contributed by atoms with Gasteiger partial charge in [0.1, 0.15) is 0 Å². The summed E-state index contributed by atoms with van der Waals surface area (Å²) in [4.78, 5) is 17.6. The Hall–Kier alpha value is -1.39. The number of rotatable bonds is 6. The number of hydrogen-bond donors (Lipinski definition) is 3. The summed E-state index contributed by atoms with van der Waals surface area (Å²) in [5.74, 6) is 1.00. The van der Waals surface area contributed by atoms with Gasteiger partial charge in [0.15, 0.2) is 5.96 Å². The number of carbonyl (C=O) groups is 1. The van der Waals surface area contributed by atoms with Crippen molar-refractivity contribution in [2.45, 2.75) is 44.8 Å². The summed E-state index contributed by atoms with van der Waals surface area (Å²) in [6.07, 6.45) is 4.33. The Labute approximate surface area is 197 Å². The van der Waals surface area contributed by atoms with E-state index >= 15 is 0 Å². The van der Waals surface area contributed by atoms with Crippen molar-refractivity contribution in [1.82, 2.24) is 15.5 Å². The summed E-state index contributed by atoms with van der Waals surface area (Å²) in [7, 11) is 1.81. The third kappa shape index (κ3) is 7.39. The van der Waals surface area contributed by atoms with Crippen LogP contribution in [0.2, 0.25) is 0 Å². The first-order valence-electron chi connectivity index (χ1n) is 10.7. The molecule has 4 N–H and O–H groups in total. The number of carbonyl (C=O) groups excluding carboxylic acids is 1. The van der Waals surface area contributed by atoms with E-state index in [-0.39, 0.29) is 36.0 Å². The van der Waals surface area contributed by atoms with Crippen LogP contribution in [-0.4, -0.2) is 62.6 Å². The van der Waals surface area contributed by atoms with Crippen LogP contribution in [0.5, 0.6) is 0 Å². The number of piperidine rings is 1. The number of aryl methyl sites for hydroxylation is 1. The number of nitrogens with two attached hydrogens (primary N) is 1. The van der Waals surface area contributed by atoms with Gasteiger partial charge >= 0.3 is 0 Å². The van der Waals surface area contributed by atoms with Gasteiger partial charge < -0.3 is 21.1 Å². The van der Waals surface area contributed by atoms with E-state index in [0.29, 0.717) is 18.5 Å². The van der Waals surface area contributed by atoms with Crippen molar-refractivity contribution >= 4 is 35.8 Å². The molecule has 2 fully saturated rings. The quantitative estimate of drug-likeness (QED) is 0.299. The van der Waals surface area contributed by atoms with E-state index < -0.39 is 0 Å². The predicted octanol–water partition coefficient (Wildman–Crippen LogP) is 2.20. The van der Waals surface area contributed by atoms with Gasteiger partial charge in [0.2, 0.25) is 5.91 Å². The lowest BCUT2D eigenvalue weighted by Crippen LogP contribution is -2.50. The molecular weight excluding hydrogens is 493 g/mol. The molecule has 3 rings (SSSR count). The van der Waals surface area contributed by atoms with Crippen LogP contribution in [0.15, 0.2) is 29.3 Å². The van der Waals surface area contributed by atoms with Crippen molar-refractivity contribution in [2.24, 2.45) is 16.6 Å². The number of halogens is 1. The largest absolute Gasteiger partial charge is 0.373 e. The Kier molecular flexibility index (Phi) is 10.3. The molecule has 7 nitrogen and oxygen atoms in total. The number of guanidine groups is 1. The van der Waals surface area contributed by atoms with Crippen molar-refractivity contribution < 1.29 is 9.53 Å². The number of hydrogen-bond acceptors (Lipinski definition) is 4. The molecular formula is C22H36IN5O2. The van der Waals surface area contributed by atoms with Gasteiger partial charge in [-0.15, -0.1) is 24.0 Å². The molecule has 2 heterocycles. The fourth-order valence-corrected chi connectivity index (χ4v) is 4.25. The van der Waals surface area contributed by atoms with Gasteiger partial charge in [0.25, 0.3) is 0 Å². The molecule has 2 aliphatic heterocycles. The van der Waals surface area contributed by atoms with Crippen LogP contribution >= 0.6 is 24.0 Å². The molecule has 2 saturated heterocycles. The van der Waals surface area contributed by atoms with Crippen molar-refractivity contribution in [2.75, 3.05) is 39.8 Å². The summed E-state index contributed by atoms with van der Waals surface area (Å²) in [5, 5.41) is 7.05. The Morgan fingerprint density at radius 1 is 1.23 bits per heavy atom. The average Bonchev–Trinajstić information content (AvgIpc) is 2.73. The fraction of sp³-hybridized carbons (Fsp3) is 0.636. The number of nitrogens with zero attached hydrogens (tertiary/aromatic N) is 2. The molecule has 1 amide bonds.